The average molecular weight is 489 g/mol. The van der Waals surface area contributed by atoms with Crippen LogP contribution in [0.1, 0.15) is 0 Å². The third-order valence-electron chi connectivity index (χ3n) is 7.23. The standard InChI is InChI=1S/C34H20N2S/c1-2-11-22(12-3-1)32-34(35-27-19-18-21-10-4-7-15-25(21)33(27)36-32)31-24-14-6-5-13-23(24)20-29-30(31)26-16-8-9-17-28(26)37-29/h1-20H. The van der Waals surface area contributed by atoms with Crippen molar-refractivity contribution in [1.82, 2.24) is 9.97 Å². The summed E-state index contributed by atoms with van der Waals surface area (Å²) in [6.45, 7) is 0. The maximum Gasteiger partial charge on any atom is 0.0986 e. The molecule has 0 aliphatic rings. The third kappa shape index (κ3) is 3.11. The van der Waals surface area contributed by atoms with Crippen molar-refractivity contribution in [3.63, 3.8) is 0 Å². The fourth-order valence-electron chi connectivity index (χ4n) is 5.56. The van der Waals surface area contributed by atoms with E-state index in [2.05, 4.69) is 121 Å². The predicted octanol–water partition coefficient (Wildman–Crippen LogP) is 9.64. The Hall–Kier alpha value is -4.60. The molecule has 0 amide bonds. The number of nitrogens with zero attached hydrogens (tertiary/aromatic N) is 2. The van der Waals surface area contributed by atoms with Crippen LogP contribution in [0.3, 0.4) is 0 Å². The Morgan fingerprint density at radius 3 is 2.05 bits per heavy atom. The third-order valence-corrected chi connectivity index (χ3v) is 8.35. The normalized spacial score (nSPS) is 11.8. The van der Waals surface area contributed by atoms with Crippen molar-refractivity contribution in [1.29, 1.82) is 0 Å². The van der Waals surface area contributed by atoms with Gasteiger partial charge in [-0.3, -0.25) is 0 Å². The van der Waals surface area contributed by atoms with Gasteiger partial charge in [0.05, 0.1) is 22.4 Å². The van der Waals surface area contributed by atoms with Gasteiger partial charge in [-0.2, -0.15) is 0 Å². The maximum absolute atomic E-state index is 5.40. The second-order valence-corrected chi connectivity index (χ2v) is 10.5. The van der Waals surface area contributed by atoms with Crippen LogP contribution in [-0.2, 0) is 0 Å². The first-order chi connectivity index (χ1) is 18.3. The summed E-state index contributed by atoms with van der Waals surface area (Å²) in [6, 6.07) is 42.8. The van der Waals surface area contributed by atoms with Crippen LogP contribution in [0.2, 0.25) is 0 Å². The number of aromatic nitrogens is 2. The van der Waals surface area contributed by atoms with E-state index in [1.807, 2.05) is 11.3 Å². The molecule has 0 bridgehead atoms. The Morgan fingerprint density at radius 2 is 1.19 bits per heavy atom. The number of benzene rings is 6. The number of thiophene rings is 1. The highest BCUT2D eigenvalue weighted by atomic mass is 32.1. The first-order valence-electron chi connectivity index (χ1n) is 12.4. The molecule has 37 heavy (non-hydrogen) atoms. The van der Waals surface area contributed by atoms with E-state index >= 15 is 0 Å². The van der Waals surface area contributed by atoms with Crippen LogP contribution in [0.15, 0.2) is 121 Å². The van der Waals surface area contributed by atoms with Gasteiger partial charge in [-0.25, -0.2) is 9.97 Å². The molecule has 0 atom stereocenters. The molecular formula is C34H20N2S. The average Bonchev–Trinajstić information content (AvgIpc) is 3.33. The summed E-state index contributed by atoms with van der Waals surface area (Å²) in [7, 11) is 0. The summed E-state index contributed by atoms with van der Waals surface area (Å²) >= 11 is 1.84. The van der Waals surface area contributed by atoms with E-state index in [0.29, 0.717) is 0 Å². The molecule has 0 spiro atoms. The first-order valence-corrected chi connectivity index (χ1v) is 13.2. The number of hydrogen-bond donors (Lipinski definition) is 0. The van der Waals surface area contributed by atoms with Gasteiger partial charge < -0.3 is 0 Å². The molecule has 0 unspecified atom stereocenters. The molecule has 8 rings (SSSR count). The summed E-state index contributed by atoms with van der Waals surface area (Å²) in [4.78, 5) is 10.8. The van der Waals surface area contributed by atoms with Crippen molar-refractivity contribution < 1.29 is 0 Å². The molecule has 2 aromatic heterocycles. The van der Waals surface area contributed by atoms with Crippen LogP contribution in [0.4, 0.5) is 0 Å². The number of hydrogen-bond acceptors (Lipinski definition) is 3. The van der Waals surface area contributed by atoms with Gasteiger partial charge in [-0.1, -0.05) is 103 Å². The topological polar surface area (TPSA) is 25.8 Å². The van der Waals surface area contributed by atoms with Crippen molar-refractivity contribution in [2.24, 2.45) is 0 Å². The van der Waals surface area contributed by atoms with Gasteiger partial charge in [0.2, 0.25) is 0 Å². The van der Waals surface area contributed by atoms with Gasteiger partial charge in [0, 0.05) is 36.7 Å². The van der Waals surface area contributed by atoms with Gasteiger partial charge in [0.25, 0.3) is 0 Å². The Labute approximate surface area is 217 Å². The minimum Gasteiger partial charge on any atom is -0.244 e. The molecule has 0 N–H and O–H groups in total. The van der Waals surface area contributed by atoms with E-state index in [9.17, 15) is 0 Å². The molecule has 8 aromatic rings. The molecule has 0 saturated heterocycles. The summed E-state index contributed by atoms with van der Waals surface area (Å²) < 4.78 is 2.56. The van der Waals surface area contributed by atoms with Crippen LogP contribution in [-0.4, -0.2) is 9.97 Å². The van der Waals surface area contributed by atoms with E-state index in [-0.39, 0.29) is 0 Å². The highest BCUT2D eigenvalue weighted by Gasteiger charge is 2.21. The lowest BCUT2D eigenvalue weighted by atomic mass is 9.93. The number of fused-ring (bicyclic) bond motifs is 7. The van der Waals surface area contributed by atoms with Crippen LogP contribution in [0, 0.1) is 0 Å². The Kier molecular flexibility index (Phi) is 4.42. The van der Waals surface area contributed by atoms with E-state index < -0.39 is 0 Å². The van der Waals surface area contributed by atoms with Crippen molar-refractivity contribution >= 4 is 64.1 Å². The summed E-state index contributed by atoms with van der Waals surface area (Å²) in [6.07, 6.45) is 0. The van der Waals surface area contributed by atoms with Crippen LogP contribution in [0.5, 0.6) is 0 Å². The Bertz CT molecular complexity index is 2140. The van der Waals surface area contributed by atoms with Gasteiger partial charge in [0.15, 0.2) is 0 Å². The van der Waals surface area contributed by atoms with Crippen LogP contribution >= 0.6 is 11.3 Å². The lowest BCUT2D eigenvalue weighted by molar-refractivity contribution is 1.31. The fourth-order valence-corrected chi connectivity index (χ4v) is 6.72. The quantitative estimate of drug-likeness (QED) is 0.226. The lowest BCUT2D eigenvalue weighted by Gasteiger charge is -2.15. The SMILES string of the molecule is c1ccc(-c2nc3c(ccc4ccccc43)nc2-c2c3ccccc3cc3sc4ccccc4c23)cc1. The largest absolute Gasteiger partial charge is 0.244 e. The maximum atomic E-state index is 5.40. The molecule has 2 heterocycles. The Balaban J connectivity index is 1.60. The monoisotopic (exact) mass is 488 g/mol. The molecule has 2 nitrogen and oxygen atoms in total. The van der Waals surface area contributed by atoms with Gasteiger partial charge in [-0.15, -0.1) is 11.3 Å². The van der Waals surface area contributed by atoms with Crippen molar-refractivity contribution in [2.75, 3.05) is 0 Å². The van der Waals surface area contributed by atoms with Gasteiger partial charge in [-0.05, 0) is 34.4 Å². The molecule has 3 heteroatoms. The van der Waals surface area contributed by atoms with Crippen LogP contribution < -0.4 is 0 Å². The van der Waals surface area contributed by atoms with Gasteiger partial charge in [0.1, 0.15) is 0 Å². The lowest BCUT2D eigenvalue weighted by Crippen LogP contribution is -1.97. The second-order valence-electron chi connectivity index (χ2n) is 9.39. The van der Waals surface area contributed by atoms with Crippen molar-refractivity contribution in [3.8, 4) is 22.5 Å². The highest BCUT2D eigenvalue weighted by Crippen LogP contribution is 2.46. The van der Waals surface area contributed by atoms with E-state index in [1.165, 1.54) is 36.3 Å². The first kappa shape index (κ1) is 20.6. The Morgan fingerprint density at radius 1 is 0.486 bits per heavy atom. The van der Waals surface area contributed by atoms with Crippen molar-refractivity contribution in [3.05, 3.63) is 121 Å². The molecule has 6 aromatic carbocycles. The van der Waals surface area contributed by atoms with Crippen LogP contribution in [0.25, 0.3) is 75.3 Å². The second kappa shape index (κ2) is 7.95. The summed E-state index contributed by atoms with van der Waals surface area (Å²) in [5, 5.41) is 7.24. The molecule has 0 aliphatic heterocycles. The zero-order valence-corrected chi connectivity index (χ0v) is 20.7. The van der Waals surface area contributed by atoms with E-state index in [1.54, 1.807) is 0 Å². The minimum atomic E-state index is 0.911. The summed E-state index contributed by atoms with van der Waals surface area (Å²) in [5.41, 5.74) is 5.92. The molecule has 0 saturated carbocycles. The van der Waals surface area contributed by atoms with Gasteiger partial charge >= 0.3 is 0 Å². The zero-order valence-electron chi connectivity index (χ0n) is 19.8. The molecule has 172 valence electrons. The smallest absolute Gasteiger partial charge is 0.0986 e. The zero-order chi connectivity index (χ0) is 24.3. The highest BCUT2D eigenvalue weighted by molar-refractivity contribution is 7.26. The number of rotatable bonds is 2. The molecule has 0 radical (unpaired) electrons. The molecule has 0 aliphatic carbocycles. The minimum absolute atomic E-state index is 0.911. The van der Waals surface area contributed by atoms with Crippen molar-refractivity contribution in [2.45, 2.75) is 0 Å². The van der Waals surface area contributed by atoms with E-state index in [4.69, 9.17) is 9.97 Å². The summed E-state index contributed by atoms with van der Waals surface area (Å²) in [5.74, 6) is 0. The molecular weight excluding hydrogens is 468 g/mol. The predicted molar refractivity (Wildman–Crippen MR) is 158 cm³/mol. The fraction of sp³-hybridized carbons (Fsp3) is 0. The molecule has 0 fully saturated rings. The van der Waals surface area contributed by atoms with E-state index in [0.717, 1.165) is 38.9 Å².